The molecular weight excluding hydrogens is 661 g/mol. The third-order valence-corrected chi connectivity index (χ3v) is 10.9. The zero-order chi connectivity index (χ0) is 33.6. The fraction of sp³-hybridized carbons (Fsp3) is 0.312. The third-order valence-electron chi connectivity index (χ3n) is 8.69. The molecule has 4 aromatic rings. The van der Waals surface area contributed by atoms with Gasteiger partial charge in [-0.2, -0.15) is 4.40 Å². The zero-order valence-electron chi connectivity index (χ0n) is 25.7. The number of nitrogens with zero attached hydrogens (tertiary/aromatic N) is 4. The van der Waals surface area contributed by atoms with E-state index in [1.165, 1.54) is 40.5 Å². The van der Waals surface area contributed by atoms with Gasteiger partial charge in [0.05, 0.1) is 34.4 Å². The van der Waals surface area contributed by atoms with E-state index in [4.69, 9.17) is 22.7 Å². The molecule has 1 saturated heterocycles. The molecule has 2 aliphatic heterocycles. The van der Waals surface area contributed by atoms with E-state index in [1.54, 1.807) is 18.7 Å². The Bertz CT molecular complexity index is 1910. The van der Waals surface area contributed by atoms with E-state index in [0.29, 0.717) is 17.7 Å². The van der Waals surface area contributed by atoms with Gasteiger partial charge in [0.15, 0.2) is 5.11 Å². The van der Waals surface area contributed by atoms with Crippen LogP contribution in [0.15, 0.2) is 77.8 Å². The number of carbonyl (C=O) groups excluding carboxylic acids is 2. The number of thiocarbonyl (C=S) groups is 1. The molecule has 0 radical (unpaired) electrons. The van der Waals surface area contributed by atoms with E-state index in [-0.39, 0.29) is 47.0 Å². The first kappa shape index (κ1) is 32.6. The summed E-state index contributed by atoms with van der Waals surface area (Å²) in [6.07, 6.45) is 5.09. The number of thiazole rings is 1. The van der Waals surface area contributed by atoms with Gasteiger partial charge in [0.25, 0.3) is 12.0 Å². The molecule has 1 amide bonds. The van der Waals surface area contributed by atoms with Crippen molar-refractivity contribution in [3.63, 3.8) is 0 Å². The maximum absolute atomic E-state index is 13.8. The number of thioether (sulfide) groups is 1. The van der Waals surface area contributed by atoms with Crippen molar-refractivity contribution in [2.75, 3.05) is 12.8 Å². The van der Waals surface area contributed by atoms with E-state index in [1.807, 2.05) is 48.3 Å². The second-order valence-corrected chi connectivity index (χ2v) is 13.8. The second kappa shape index (κ2) is 13.1. The molecule has 5 atom stereocenters. The van der Waals surface area contributed by atoms with E-state index in [0.717, 1.165) is 20.3 Å². The Morgan fingerprint density at radius 3 is 2.57 bits per heavy atom. The number of nitro groups is 1. The number of imidazole rings is 1. The molecule has 0 saturated carbocycles. The van der Waals surface area contributed by atoms with Crippen LogP contribution in [0.3, 0.4) is 0 Å². The number of hydrogen-bond donors (Lipinski definition) is 3. The van der Waals surface area contributed by atoms with Crippen molar-refractivity contribution in [1.29, 1.82) is 0 Å². The lowest BCUT2D eigenvalue weighted by molar-refractivity contribution is -0.743. The Morgan fingerprint density at radius 1 is 1.26 bits per heavy atom. The molecular formula is C32H33N6O6S3+. The summed E-state index contributed by atoms with van der Waals surface area (Å²) < 4.78 is 9.89. The Balaban J connectivity index is 1.38. The topological polar surface area (TPSA) is 156 Å². The van der Waals surface area contributed by atoms with Crippen molar-refractivity contribution in [3.05, 3.63) is 98.9 Å². The fourth-order valence-corrected chi connectivity index (χ4v) is 8.80. The van der Waals surface area contributed by atoms with Gasteiger partial charge >= 0.3 is 5.97 Å². The summed E-state index contributed by atoms with van der Waals surface area (Å²) in [5.74, 6) is -1.89. The quantitative estimate of drug-likeness (QED) is 0.0403. The Labute approximate surface area is 284 Å². The van der Waals surface area contributed by atoms with Gasteiger partial charge in [0, 0.05) is 23.6 Å². The number of β-lactam (4-membered cyclic amide) rings is 1. The number of rotatable bonds is 11. The molecule has 0 spiro atoms. The third kappa shape index (κ3) is 5.88. The smallest absolute Gasteiger partial charge is 0.355 e. The number of amides is 1. The molecule has 4 heterocycles. The van der Waals surface area contributed by atoms with Crippen molar-refractivity contribution in [3.8, 4) is 0 Å². The Kier molecular flexibility index (Phi) is 9.07. The first-order valence-corrected chi connectivity index (χ1v) is 17.3. The largest absolute Gasteiger partial charge is 0.456 e. The normalized spacial score (nSPS) is 20.1. The van der Waals surface area contributed by atoms with Gasteiger partial charge in [-0.1, -0.05) is 60.4 Å². The second-order valence-electron chi connectivity index (χ2n) is 11.5. The highest BCUT2D eigenvalue weighted by molar-refractivity contribution is 7.98. The number of esters is 1. The van der Waals surface area contributed by atoms with E-state index < -0.39 is 22.9 Å². The molecule has 2 aliphatic rings. The molecule has 0 bridgehead atoms. The molecule has 244 valence electrons. The number of ether oxygens (including phenoxy) is 1. The van der Waals surface area contributed by atoms with Gasteiger partial charge in [0.1, 0.15) is 24.5 Å². The van der Waals surface area contributed by atoms with Gasteiger partial charge in [0.2, 0.25) is 15.8 Å². The van der Waals surface area contributed by atoms with Crippen LogP contribution in [0.4, 0.5) is 5.69 Å². The van der Waals surface area contributed by atoms with Crippen molar-refractivity contribution in [1.82, 2.24) is 14.6 Å². The van der Waals surface area contributed by atoms with E-state index in [9.17, 15) is 24.8 Å². The average molecular weight is 694 g/mol. The number of carbonyl (C=O) groups is 2. The van der Waals surface area contributed by atoms with Gasteiger partial charge in [-0.25, -0.2) is 9.36 Å². The molecule has 47 heavy (non-hydrogen) atoms. The van der Waals surface area contributed by atoms with Crippen LogP contribution in [0, 0.1) is 22.0 Å². The minimum Gasteiger partial charge on any atom is -0.456 e. The highest BCUT2D eigenvalue weighted by atomic mass is 32.2. The lowest BCUT2D eigenvalue weighted by Gasteiger charge is -2.46. The number of nitro benzene ring substituents is 1. The van der Waals surface area contributed by atoms with Crippen LogP contribution < -0.4 is 15.6 Å². The van der Waals surface area contributed by atoms with Crippen LogP contribution in [-0.4, -0.2) is 61.3 Å². The minimum atomic E-state index is -0.881. The lowest BCUT2D eigenvalue weighted by Crippen LogP contribution is -2.63. The van der Waals surface area contributed by atoms with Crippen LogP contribution in [-0.2, 0) is 20.9 Å². The molecule has 6 rings (SSSR count). The maximum Gasteiger partial charge on any atom is 0.355 e. The highest BCUT2D eigenvalue weighted by Gasteiger charge is 2.60. The molecule has 0 aliphatic carbocycles. The van der Waals surface area contributed by atoms with Crippen LogP contribution in [0.25, 0.3) is 10.4 Å². The number of aliphatic hydroxyl groups excluding tert-OH is 1. The number of hydrogen-bond acceptors (Lipinski definition) is 9. The number of non-ortho nitro benzene ring substituents is 1. The van der Waals surface area contributed by atoms with Crippen molar-refractivity contribution >= 4 is 68.4 Å². The van der Waals surface area contributed by atoms with Gasteiger partial charge in [-0.3, -0.25) is 14.9 Å². The van der Waals surface area contributed by atoms with Gasteiger partial charge in [-0.05, 0) is 48.7 Å². The zero-order valence-corrected chi connectivity index (χ0v) is 28.2. The SMILES string of the molecule is CSc1c2sc(C3=C(C(=O)OCc4ccc([N+](=O)[O-])cc4)N4C(=O)[C@H]([C@@H](C)O)[C@H]4[C@H]3C)cn2c[n+]1C(CNC(N)=S)c1ccccc1. The van der Waals surface area contributed by atoms with Crippen molar-refractivity contribution < 1.29 is 28.9 Å². The molecule has 4 N–H and O–H groups in total. The maximum atomic E-state index is 13.8. The number of aliphatic hydroxyl groups is 1. The fourth-order valence-electron chi connectivity index (χ4n) is 6.51. The molecule has 12 nitrogen and oxygen atoms in total. The number of nitrogens with two attached hydrogens (primary N) is 1. The molecule has 2 aromatic heterocycles. The number of aromatic nitrogens is 2. The summed E-state index contributed by atoms with van der Waals surface area (Å²) in [4.78, 5) is 40.8. The summed E-state index contributed by atoms with van der Waals surface area (Å²) in [6.45, 7) is 3.90. The summed E-state index contributed by atoms with van der Waals surface area (Å²) in [7, 11) is 0. The monoisotopic (exact) mass is 693 g/mol. The number of fused-ring (bicyclic) bond motifs is 2. The average Bonchev–Trinajstić information content (AvgIpc) is 3.67. The Morgan fingerprint density at radius 2 is 1.96 bits per heavy atom. The first-order valence-electron chi connectivity index (χ1n) is 14.9. The summed E-state index contributed by atoms with van der Waals surface area (Å²) in [6, 6.07) is 15.3. The van der Waals surface area contributed by atoms with E-state index in [2.05, 4.69) is 22.0 Å². The van der Waals surface area contributed by atoms with Crippen molar-refractivity contribution in [2.45, 2.75) is 43.7 Å². The van der Waals surface area contributed by atoms with E-state index >= 15 is 0 Å². The predicted octanol–water partition coefficient (Wildman–Crippen LogP) is 3.65. The van der Waals surface area contributed by atoms with Crippen LogP contribution in [0.2, 0.25) is 0 Å². The highest BCUT2D eigenvalue weighted by Crippen LogP contribution is 2.52. The molecule has 15 heteroatoms. The lowest BCUT2D eigenvalue weighted by atomic mass is 9.77. The van der Waals surface area contributed by atoms with Crippen LogP contribution in [0.5, 0.6) is 0 Å². The number of nitrogens with one attached hydrogen (secondary N) is 1. The molecule has 1 unspecified atom stereocenters. The van der Waals surface area contributed by atoms with Crippen LogP contribution in [0.1, 0.15) is 35.9 Å². The molecule has 1 fully saturated rings. The number of benzene rings is 2. The van der Waals surface area contributed by atoms with Gasteiger partial charge in [-0.15, -0.1) is 0 Å². The standard InChI is InChI=1S/C32H32N6O6S3/c1-17-24(23-14-35-16-36(30(46-3)29(35)47-23)22(13-34-32(33)45)20-7-5-4-6-8-20)27(37-26(17)25(18(2)39)28(37)40)31(41)44-15-19-9-11-21(12-10-19)38(42)43/h4-12,14,16-18,22,25-26,39H,13,15H2,1-3H3,(H2-,33,34,45)/p+1/t17-,18+,22?,25+,26+/m0/s1. The van der Waals surface area contributed by atoms with Gasteiger partial charge < -0.3 is 25.8 Å². The molecule has 2 aromatic carbocycles. The summed E-state index contributed by atoms with van der Waals surface area (Å²) in [5.41, 5.74) is 8.22. The predicted molar refractivity (Wildman–Crippen MR) is 181 cm³/mol. The minimum absolute atomic E-state index is 0.0675. The first-order chi connectivity index (χ1) is 22.5. The summed E-state index contributed by atoms with van der Waals surface area (Å²) in [5, 5.41) is 25.8. The Hall–Kier alpha value is -4.31. The van der Waals surface area contributed by atoms with Crippen LogP contribution >= 0.6 is 35.3 Å². The van der Waals surface area contributed by atoms with Crippen molar-refractivity contribution in [2.24, 2.45) is 17.6 Å². The summed E-state index contributed by atoms with van der Waals surface area (Å²) >= 11 is 8.20.